The van der Waals surface area contributed by atoms with Crippen LogP contribution in [0.5, 0.6) is 5.75 Å². The van der Waals surface area contributed by atoms with Gasteiger partial charge in [0, 0.05) is 37.9 Å². The summed E-state index contributed by atoms with van der Waals surface area (Å²) in [5, 5.41) is 0. The first kappa shape index (κ1) is 25.5. The van der Waals surface area contributed by atoms with Gasteiger partial charge in [0.2, 0.25) is 5.91 Å². The summed E-state index contributed by atoms with van der Waals surface area (Å²) in [6.45, 7) is 10.7. The quantitative estimate of drug-likeness (QED) is 0.407. The fraction of sp³-hybridized carbons (Fsp3) is 0.500. The van der Waals surface area contributed by atoms with E-state index in [1.807, 2.05) is 50.2 Å². The Morgan fingerprint density at radius 1 is 1.03 bits per heavy atom. The van der Waals surface area contributed by atoms with E-state index in [1.165, 1.54) is 5.56 Å². The van der Waals surface area contributed by atoms with Crippen molar-refractivity contribution >= 4 is 11.9 Å². The average molecular weight is 440 g/mol. The van der Waals surface area contributed by atoms with Crippen LogP contribution in [0.15, 0.2) is 42.6 Å². The lowest BCUT2D eigenvalue weighted by molar-refractivity contribution is -0.131. The Bertz CT molecular complexity index is 886. The molecule has 0 saturated heterocycles. The molecule has 0 bridgehead atoms. The molecule has 0 aliphatic heterocycles. The van der Waals surface area contributed by atoms with E-state index in [2.05, 4.69) is 30.7 Å². The molecular weight excluding hydrogens is 402 g/mol. The normalized spacial score (nSPS) is 11.5. The van der Waals surface area contributed by atoms with E-state index in [9.17, 15) is 9.59 Å². The first-order valence-corrected chi connectivity index (χ1v) is 11.3. The van der Waals surface area contributed by atoms with E-state index in [0.29, 0.717) is 37.1 Å². The summed E-state index contributed by atoms with van der Waals surface area (Å²) in [6, 6.07) is 11.0. The van der Waals surface area contributed by atoms with Crippen molar-refractivity contribution in [3.05, 3.63) is 59.4 Å². The minimum absolute atomic E-state index is 0.0461. The summed E-state index contributed by atoms with van der Waals surface area (Å²) in [6.07, 6.45) is 3.42. The second-order valence-electron chi connectivity index (χ2n) is 9.33. The Kier molecular flexibility index (Phi) is 9.39. The zero-order chi connectivity index (χ0) is 23.7. The van der Waals surface area contributed by atoms with Crippen LogP contribution in [0.4, 0.5) is 0 Å². The number of carbonyl (C=O) groups excluding carboxylic acids is 2. The van der Waals surface area contributed by atoms with Crippen molar-refractivity contribution in [2.45, 2.75) is 52.4 Å². The van der Waals surface area contributed by atoms with Crippen molar-refractivity contribution < 1.29 is 14.3 Å². The van der Waals surface area contributed by atoms with Crippen LogP contribution in [0.2, 0.25) is 0 Å². The van der Waals surface area contributed by atoms with Crippen LogP contribution in [0.1, 0.15) is 62.2 Å². The smallest absolute Gasteiger partial charge is 0.343 e. The summed E-state index contributed by atoms with van der Waals surface area (Å²) in [4.78, 5) is 33.3. The molecule has 1 aromatic heterocycles. The number of esters is 1. The van der Waals surface area contributed by atoms with Crippen molar-refractivity contribution in [3.63, 3.8) is 0 Å². The third kappa shape index (κ3) is 8.08. The molecule has 1 aromatic carbocycles. The number of pyridine rings is 1. The lowest BCUT2D eigenvalue weighted by Gasteiger charge is -2.22. The Morgan fingerprint density at radius 3 is 2.31 bits per heavy atom. The van der Waals surface area contributed by atoms with Crippen LogP contribution in [-0.4, -0.2) is 60.4 Å². The Labute approximate surface area is 192 Å². The summed E-state index contributed by atoms with van der Waals surface area (Å²) in [5.41, 5.74) is 2.47. The number of aryl methyl sites for hydroxylation is 1. The van der Waals surface area contributed by atoms with E-state index >= 15 is 0 Å². The molecule has 32 heavy (non-hydrogen) atoms. The number of carbonyl (C=O) groups is 2. The average Bonchev–Trinajstić information content (AvgIpc) is 2.74. The molecule has 0 N–H and O–H groups in total. The standard InChI is InChI=1S/C26H37N3O3/c1-7-29(18-17-28(5)6)24(30)10-8-9-22-19-20(15-16-27-22)25(31)32-23-13-11-21(12-14-23)26(2,3)4/h11-16,19H,7-10,17-18H2,1-6H3. The first-order valence-electron chi connectivity index (χ1n) is 11.3. The number of ether oxygens (including phenoxy) is 1. The Balaban J connectivity index is 1.90. The van der Waals surface area contributed by atoms with Gasteiger partial charge in [-0.2, -0.15) is 0 Å². The van der Waals surface area contributed by atoms with Gasteiger partial charge in [-0.3, -0.25) is 9.78 Å². The third-order valence-corrected chi connectivity index (χ3v) is 5.36. The summed E-state index contributed by atoms with van der Waals surface area (Å²) >= 11 is 0. The lowest BCUT2D eigenvalue weighted by Crippen LogP contribution is -2.36. The molecule has 1 amide bonds. The van der Waals surface area contributed by atoms with Crippen molar-refractivity contribution in [2.24, 2.45) is 0 Å². The number of likely N-dealkylation sites (N-methyl/N-ethyl adjacent to an activating group) is 2. The molecule has 2 rings (SSSR count). The summed E-state index contributed by atoms with van der Waals surface area (Å²) in [7, 11) is 4.01. The third-order valence-electron chi connectivity index (χ3n) is 5.36. The number of hydrogen-bond acceptors (Lipinski definition) is 5. The van der Waals surface area contributed by atoms with Gasteiger partial charge in [0.05, 0.1) is 5.56 Å². The van der Waals surface area contributed by atoms with Crippen LogP contribution in [0.3, 0.4) is 0 Å². The van der Waals surface area contributed by atoms with Gasteiger partial charge in [0.15, 0.2) is 0 Å². The van der Waals surface area contributed by atoms with Gasteiger partial charge < -0.3 is 14.5 Å². The van der Waals surface area contributed by atoms with Crippen molar-refractivity contribution in [1.82, 2.24) is 14.8 Å². The minimum Gasteiger partial charge on any atom is -0.423 e. The van der Waals surface area contributed by atoms with E-state index in [1.54, 1.807) is 18.3 Å². The molecule has 2 aromatic rings. The fourth-order valence-electron chi connectivity index (χ4n) is 3.29. The highest BCUT2D eigenvalue weighted by atomic mass is 16.5. The number of aromatic nitrogens is 1. The van der Waals surface area contributed by atoms with Crippen LogP contribution in [0, 0.1) is 0 Å². The molecule has 6 nitrogen and oxygen atoms in total. The van der Waals surface area contributed by atoms with Gasteiger partial charge in [-0.15, -0.1) is 0 Å². The van der Waals surface area contributed by atoms with E-state index < -0.39 is 5.97 Å². The number of hydrogen-bond donors (Lipinski definition) is 0. The maximum absolute atomic E-state index is 12.6. The molecule has 0 saturated carbocycles. The molecule has 1 heterocycles. The van der Waals surface area contributed by atoms with Crippen LogP contribution >= 0.6 is 0 Å². The SMILES string of the molecule is CCN(CCN(C)C)C(=O)CCCc1cc(C(=O)Oc2ccc(C(C)(C)C)cc2)ccn1. The van der Waals surface area contributed by atoms with Gasteiger partial charge >= 0.3 is 5.97 Å². The predicted molar refractivity (Wildman–Crippen MR) is 128 cm³/mol. The first-order chi connectivity index (χ1) is 15.1. The highest BCUT2D eigenvalue weighted by Gasteiger charge is 2.15. The van der Waals surface area contributed by atoms with Gasteiger partial charge in [0.1, 0.15) is 5.75 Å². The maximum Gasteiger partial charge on any atom is 0.343 e. The summed E-state index contributed by atoms with van der Waals surface area (Å²) in [5.74, 6) is 0.266. The number of rotatable bonds is 10. The molecular formula is C26H37N3O3. The van der Waals surface area contributed by atoms with E-state index in [-0.39, 0.29) is 11.3 Å². The zero-order valence-corrected chi connectivity index (χ0v) is 20.4. The molecule has 0 aliphatic carbocycles. The van der Waals surface area contributed by atoms with Crippen molar-refractivity contribution in [2.75, 3.05) is 33.7 Å². The van der Waals surface area contributed by atoms with Crippen LogP contribution in [-0.2, 0) is 16.6 Å². The second-order valence-corrected chi connectivity index (χ2v) is 9.33. The minimum atomic E-state index is -0.408. The highest BCUT2D eigenvalue weighted by molar-refractivity contribution is 5.91. The second kappa shape index (κ2) is 11.8. The van der Waals surface area contributed by atoms with E-state index in [0.717, 1.165) is 18.8 Å². The van der Waals surface area contributed by atoms with Gasteiger partial charge in [-0.1, -0.05) is 32.9 Å². The zero-order valence-electron chi connectivity index (χ0n) is 20.4. The largest absolute Gasteiger partial charge is 0.423 e. The molecule has 0 atom stereocenters. The van der Waals surface area contributed by atoms with Crippen LogP contribution < -0.4 is 4.74 Å². The van der Waals surface area contributed by atoms with Crippen molar-refractivity contribution in [1.29, 1.82) is 0 Å². The summed E-state index contributed by atoms with van der Waals surface area (Å²) < 4.78 is 5.53. The molecule has 0 unspecified atom stereocenters. The fourth-order valence-corrected chi connectivity index (χ4v) is 3.29. The molecule has 0 fully saturated rings. The number of benzene rings is 1. The van der Waals surface area contributed by atoms with E-state index in [4.69, 9.17) is 4.74 Å². The lowest BCUT2D eigenvalue weighted by atomic mass is 9.87. The number of amides is 1. The molecule has 174 valence electrons. The molecule has 0 radical (unpaired) electrons. The maximum atomic E-state index is 12.6. The number of nitrogens with zero attached hydrogens (tertiary/aromatic N) is 3. The van der Waals surface area contributed by atoms with Crippen molar-refractivity contribution in [3.8, 4) is 5.75 Å². The van der Waals surface area contributed by atoms with Gasteiger partial charge in [-0.05, 0) is 69.1 Å². The topological polar surface area (TPSA) is 62.7 Å². The Morgan fingerprint density at radius 2 is 1.72 bits per heavy atom. The highest BCUT2D eigenvalue weighted by Crippen LogP contribution is 2.24. The van der Waals surface area contributed by atoms with Gasteiger partial charge in [-0.25, -0.2) is 4.79 Å². The molecule has 6 heteroatoms. The molecule has 0 aliphatic rings. The Hall–Kier alpha value is -2.73. The van der Waals surface area contributed by atoms with Gasteiger partial charge in [0.25, 0.3) is 0 Å². The molecule has 0 spiro atoms. The van der Waals surface area contributed by atoms with Crippen LogP contribution in [0.25, 0.3) is 0 Å². The monoisotopic (exact) mass is 439 g/mol. The predicted octanol–water partition coefficient (Wildman–Crippen LogP) is 4.33.